The third kappa shape index (κ3) is 3.94. The molecule has 1 aromatic carbocycles. The number of benzene rings is 1. The monoisotopic (exact) mass is 246 g/mol. The molecule has 0 fully saturated rings. The maximum atomic E-state index is 8.76. The summed E-state index contributed by atoms with van der Waals surface area (Å²) in [6, 6.07) is 10.4. The maximum absolute atomic E-state index is 8.76. The van der Waals surface area contributed by atoms with Gasteiger partial charge in [-0.3, -0.25) is 0 Å². The lowest BCUT2D eigenvalue weighted by atomic mass is 10.1. The smallest absolute Gasteiger partial charge is 0.0964 e. The van der Waals surface area contributed by atoms with Gasteiger partial charge < -0.3 is 10.4 Å². The Morgan fingerprint density at radius 3 is 2.83 bits per heavy atom. The van der Waals surface area contributed by atoms with Gasteiger partial charge >= 0.3 is 0 Å². The molecule has 0 atom stereocenters. The zero-order valence-corrected chi connectivity index (χ0v) is 10.3. The summed E-state index contributed by atoms with van der Waals surface area (Å²) in [6.07, 6.45) is 2.86. The summed E-state index contributed by atoms with van der Waals surface area (Å²) in [5.41, 5.74) is 2.23. The van der Waals surface area contributed by atoms with E-state index in [9.17, 15) is 0 Å². The molecule has 2 rings (SSSR count). The van der Waals surface area contributed by atoms with Gasteiger partial charge in [0.25, 0.3) is 0 Å². The first kappa shape index (κ1) is 12.7. The number of hydrogen-bond donors (Lipinski definition) is 2. The minimum atomic E-state index is 0.0875. The Morgan fingerprint density at radius 1 is 1.22 bits per heavy atom. The first-order chi connectivity index (χ1) is 8.88. The van der Waals surface area contributed by atoms with E-state index in [1.54, 1.807) is 4.68 Å². The fraction of sp³-hybridized carbons (Fsp3) is 0.385. The summed E-state index contributed by atoms with van der Waals surface area (Å²) < 4.78 is 1.65. The van der Waals surface area contributed by atoms with Crippen molar-refractivity contribution in [2.75, 3.05) is 13.2 Å². The molecule has 1 aromatic heterocycles. The fourth-order valence-electron chi connectivity index (χ4n) is 1.73. The van der Waals surface area contributed by atoms with E-state index in [2.05, 4.69) is 39.9 Å². The van der Waals surface area contributed by atoms with Gasteiger partial charge in [-0.15, -0.1) is 5.10 Å². The van der Waals surface area contributed by atoms with Crippen molar-refractivity contribution in [1.29, 1.82) is 0 Å². The average molecular weight is 246 g/mol. The van der Waals surface area contributed by atoms with Crippen LogP contribution in [0.15, 0.2) is 36.5 Å². The minimum Gasteiger partial charge on any atom is -0.394 e. The molecular formula is C13H18N4O. The minimum absolute atomic E-state index is 0.0875. The van der Waals surface area contributed by atoms with Crippen molar-refractivity contribution >= 4 is 0 Å². The number of rotatable bonds is 7. The van der Waals surface area contributed by atoms with Crippen LogP contribution in [0, 0.1) is 0 Å². The van der Waals surface area contributed by atoms with Crippen LogP contribution in [0.3, 0.4) is 0 Å². The first-order valence-electron chi connectivity index (χ1n) is 6.13. The quantitative estimate of drug-likeness (QED) is 0.702. The van der Waals surface area contributed by atoms with Crippen LogP contribution in [-0.2, 0) is 19.5 Å². The van der Waals surface area contributed by atoms with E-state index in [-0.39, 0.29) is 6.61 Å². The third-order valence-electron chi connectivity index (χ3n) is 2.65. The summed E-state index contributed by atoms with van der Waals surface area (Å²) in [5, 5.41) is 20.0. The molecule has 96 valence electrons. The molecule has 0 amide bonds. The van der Waals surface area contributed by atoms with Gasteiger partial charge in [0.05, 0.1) is 18.8 Å². The lowest BCUT2D eigenvalue weighted by Gasteiger charge is -2.02. The fourth-order valence-corrected chi connectivity index (χ4v) is 1.73. The van der Waals surface area contributed by atoms with Crippen molar-refractivity contribution < 1.29 is 5.11 Å². The molecule has 2 aromatic rings. The van der Waals surface area contributed by atoms with Crippen LogP contribution in [0.1, 0.15) is 11.3 Å². The second-order valence-electron chi connectivity index (χ2n) is 4.11. The van der Waals surface area contributed by atoms with E-state index < -0.39 is 0 Å². The highest BCUT2D eigenvalue weighted by Gasteiger charge is 1.99. The van der Waals surface area contributed by atoms with Crippen LogP contribution in [-0.4, -0.2) is 33.3 Å². The van der Waals surface area contributed by atoms with Crippen LogP contribution in [0.2, 0.25) is 0 Å². The molecule has 1 heterocycles. The first-order valence-corrected chi connectivity index (χ1v) is 6.13. The Balaban J connectivity index is 1.68. The highest BCUT2D eigenvalue weighted by Crippen LogP contribution is 1.98. The molecule has 18 heavy (non-hydrogen) atoms. The zero-order chi connectivity index (χ0) is 12.6. The van der Waals surface area contributed by atoms with Crippen LogP contribution in [0.4, 0.5) is 0 Å². The van der Waals surface area contributed by atoms with E-state index in [0.29, 0.717) is 13.1 Å². The molecule has 0 radical (unpaired) electrons. The summed E-state index contributed by atoms with van der Waals surface area (Å²) >= 11 is 0. The Kier molecular flexibility index (Phi) is 4.87. The Bertz CT molecular complexity index is 455. The van der Waals surface area contributed by atoms with Gasteiger partial charge in [-0.1, -0.05) is 35.5 Å². The summed E-state index contributed by atoms with van der Waals surface area (Å²) in [7, 11) is 0. The van der Waals surface area contributed by atoms with E-state index in [0.717, 1.165) is 18.7 Å². The zero-order valence-electron chi connectivity index (χ0n) is 10.3. The maximum Gasteiger partial charge on any atom is 0.0964 e. The number of aliphatic hydroxyl groups excluding tert-OH is 1. The molecule has 0 aliphatic carbocycles. The van der Waals surface area contributed by atoms with Crippen molar-refractivity contribution in [3.63, 3.8) is 0 Å². The number of hydrogen-bond acceptors (Lipinski definition) is 4. The van der Waals surface area contributed by atoms with Gasteiger partial charge in [0, 0.05) is 12.7 Å². The van der Waals surface area contributed by atoms with E-state index in [4.69, 9.17) is 5.11 Å². The summed E-state index contributed by atoms with van der Waals surface area (Å²) in [5.74, 6) is 0. The highest BCUT2D eigenvalue weighted by molar-refractivity contribution is 5.14. The van der Waals surface area contributed by atoms with Crippen molar-refractivity contribution in [3.8, 4) is 0 Å². The van der Waals surface area contributed by atoms with Gasteiger partial charge in [0.2, 0.25) is 0 Å². The molecule has 0 saturated carbocycles. The van der Waals surface area contributed by atoms with Gasteiger partial charge in [0.1, 0.15) is 0 Å². The van der Waals surface area contributed by atoms with Crippen molar-refractivity contribution in [2.24, 2.45) is 0 Å². The Labute approximate surface area is 106 Å². The van der Waals surface area contributed by atoms with E-state index >= 15 is 0 Å². The van der Waals surface area contributed by atoms with E-state index in [1.807, 2.05) is 12.3 Å². The molecule has 2 N–H and O–H groups in total. The average Bonchev–Trinajstić information content (AvgIpc) is 2.84. The van der Waals surface area contributed by atoms with Crippen molar-refractivity contribution in [3.05, 3.63) is 47.8 Å². The highest BCUT2D eigenvalue weighted by atomic mass is 16.3. The molecule has 5 heteroatoms. The van der Waals surface area contributed by atoms with Crippen molar-refractivity contribution in [2.45, 2.75) is 19.5 Å². The molecular weight excluding hydrogens is 228 g/mol. The molecule has 0 saturated heterocycles. The molecule has 0 unspecified atom stereocenters. The van der Waals surface area contributed by atoms with Gasteiger partial charge in [-0.2, -0.15) is 0 Å². The molecule has 0 aliphatic heterocycles. The number of aliphatic hydroxyl groups is 1. The van der Waals surface area contributed by atoms with E-state index in [1.165, 1.54) is 5.56 Å². The van der Waals surface area contributed by atoms with Gasteiger partial charge in [-0.05, 0) is 18.5 Å². The third-order valence-corrected chi connectivity index (χ3v) is 2.65. The molecule has 0 aliphatic rings. The van der Waals surface area contributed by atoms with Crippen LogP contribution in [0.25, 0.3) is 0 Å². The standard InChI is InChI=1S/C13H18N4O/c18-9-8-17-11-13(15-16-17)10-14-7-6-12-4-2-1-3-5-12/h1-5,11,14,18H,6-10H2. The summed E-state index contributed by atoms with van der Waals surface area (Å²) in [4.78, 5) is 0. The molecule has 0 spiro atoms. The van der Waals surface area contributed by atoms with Gasteiger partial charge in [0.15, 0.2) is 0 Å². The van der Waals surface area contributed by atoms with Crippen molar-refractivity contribution in [1.82, 2.24) is 20.3 Å². The SMILES string of the molecule is OCCn1cc(CNCCc2ccccc2)nn1. The van der Waals surface area contributed by atoms with Crippen LogP contribution >= 0.6 is 0 Å². The number of aromatic nitrogens is 3. The Morgan fingerprint density at radius 2 is 2.06 bits per heavy atom. The van der Waals surface area contributed by atoms with Crippen LogP contribution in [0.5, 0.6) is 0 Å². The molecule has 5 nitrogen and oxygen atoms in total. The lowest BCUT2D eigenvalue weighted by molar-refractivity contribution is 0.268. The normalized spacial score (nSPS) is 10.7. The molecule has 0 bridgehead atoms. The topological polar surface area (TPSA) is 63.0 Å². The van der Waals surface area contributed by atoms with Crippen LogP contribution < -0.4 is 5.32 Å². The second-order valence-corrected chi connectivity index (χ2v) is 4.11. The largest absolute Gasteiger partial charge is 0.394 e. The number of nitrogens with zero attached hydrogens (tertiary/aromatic N) is 3. The summed E-state index contributed by atoms with van der Waals surface area (Å²) in [6.45, 7) is 2.20. The second kappa shape index (κ2) is 6.88. The predicted molar refractivity (Wildman–Crippen MR) is 69.0 cm³/mol. The lowest BCUT2D eigenvalue weighted by Crippen LogP contribution is -2.16. The van der Waals surface area contributed by atoms with Gasteiger partial charge in [-0.25, -0.2) is 4.68 Å². The Hall–Kier alpha value is -1.72. The number of nitrogens with one attached hydrogen (secondary N) is 1. The predicted octanol–water partition coefficient (Wildman–Crippen LogP) is 0.603.